The van der Waals surface area contributed by atoms with Crippen LogP contribution in [0.2, 0.25) is 0 Å². The van der Waals surface area contributed by atoms with Crippen molar-refractivity contribution in [3.8, 4) is 11.4 Å². The van der Waals surface area contributed by atoms with Crippen molar-refractivity contribution < 1.29 is 8.78 Å². The first-order valence-electron chi connectivity index (χ1n) is 8.19. The predicted molar refractivity (Wildman–Crippen MR) is 98.1 cm³/mol. The maximum Gasteiger partial charge on any atom is 0.184 e. The molecule has 0 aliphatic carbocycles. The number of rotatable bonds is 5. The van der Waals surface area contributed by atoms with Gasteiger partial charge in [0.15, 0.2) is 5.82 Å². The summed E-state index contributed by atoms with van der Waals surface area (Å²) in [6.45, 7) is 3.93. The first-order valence-corrected chi connectivity index (χ1v) is 8.19. The largest absolute Gasteiger partial charge is 0.300 e. The van der Waals surface area contributed by atoms with Crippen molar-refractivity contribution in [2.45, 2.75) is 19.8 Å². The fraction of sp³-hybridized carbons (Fsp3) is 0.150. The molecule has 0 unspecified atom stereocenters. The molecule has 2 N–H and O–H groups in total. The van der Waals surface area contributed by atoms with Crippen molar-refractivity contribution in [2.24, 2.45) is 0 Å². The number of nitrogens with one attached hydrogen (secondary N) is 2. The maximum atomic E-state index is 14.2. The highest BCUT2D eigenvalue weighted by molar-refractivity contribution is 6.09. The molecule has 0 atom stereocenters. The molecular formula is C20H18F2N4. The van der Waals surface area contributed by atoms with Gasteiger partial charge >= 0.3 is 0 Å². The second-order valence-electron chi connectivity index (χ2n) is 6.19. The van der Waals surface area contributed by atoms with Crippen LogP contribution in [0.25, 0.3) is 17.5 Å². The third kappa shape index (κ3) is 3.91. The lowest BCUT2D eigenvalue weighted by Gasteiger charge is -2.04. The van der Waals surface area contributed by atoms with Gasteiger partial charge in [0.2, 0.25) is 0 Å². The van der Waals surface area contributed by atoms with Gasteiger partial charge in [0.25, 0.3) is 0 Å². The Morgan fingerprint density at radius 3 is 2.50 bits per heavy atom. The summed E-state index contributed by atoms with van der Waals surface area (Å²) < 4.78 is 27.1. The van der Waals surface area contributed by atoms with E-state index in [0.29, 0.717) is 11.4 Å². The van der Waals surface area contributed by atoms with E-state index in [4.69, 9.17) is 5.41 Å². The van der Waals surface area contributed by atoms with Crippen molar-refractivity contribution in [3.05, 3.63) is 77.1 Å². The number of aromatic nitrogens is 3. The van der Waals surface area contributed by atoms with Crippen LogP contribution in [0.1, 0.15) is 36.7 Å². The average molecular weight is 352 g/mol. The number of H-pyrrole nitrogens is 1. The standard InChI is InChI=1S/C20H18F2N4/c1-12(2)19-24-20(26-25-19)16-11-14(6-9-17(16)22)18(23)10-5-13-3-7-15(21)8-4-13/h3-12,23H,1-2H3,(H,24,25,26)/b10-5+,23-18?. The van der Waals surface area contributed by atoms with Gasteiger partial charge in [-0.1, -0.05) is 32.1 Å². The highest BCUT2D eigenvalue weighted by atomic mass is 19.1. The molecule has 3 aromatic rings. The van der Waals surface area contributed by atoms with Crippen LogP contribution in [0.4, 0.5) is 8.78 Å². The SMILES string of the molecule is CC(C)c1nc(-c2cc(C(=N)/C=C/c3ccc(F)cc3)ccc2F)n[nH]1. The molecule has 0 spiro atoms. The molecule has 0 amide bonds. The molecule has 0 aliphatic heterocycles. The Hall–Kier alpha value is -3.15. The second-order valence-corrected chi connectivity index (χ2v) is 6.19. The molecule has 0 aliphatic rings. The van der Waals surface area contributed by atoms with E-state index in [0.717, 1.165) is 5.56 Å². The Labute approximate surface area is 150 Å². The summed E-state index contributed by atoms with van der Waals surface area (Å²) in [7, 11) is 0. The van der Waals surface area contributed by atoms with Crippen molar-refractivity contribution in [3.63, 3.8) is 0 Å². The van der Waals surface area contributed by atoms with E-state index in [9.17, 15) is 8.78 Å². The molecule has 6 heteroatoms. The number of hydrogen-bond donors (Lipinski definition) is 2. The fourth-order valence-corrected chi connectivity index (χ4v) is 2.37. The van der Waals surface area contributed by atoms with E-state index < -0.39 is 5.82 Å². The maximum absolute atomic E-state index is 14.2. The van der Waals surface area contributed by atoms with Gasteiger partial charge < -0.3 is 5.41 Å². The van der Waals surface area contributed by atoms with E-state index in [1.165, 1.54) is 24.3 Å². The van der Waals surface area contributed by atoms with Gasteiger partial charge in [0.1, 0.15) is 17.5 Å². The smallest absolute Gasteiger partial charge is 0.184 e. The van der Waals surface area contributed by atoms with Crippen LogP contribution in [0.3, 0.4) is 0 Å². The van der Waals surface area contributed by atoms with Gasteiger partial charge in [-0.25, -0.2) is 13.8 Å². The van der Waals surface area contributed by atoms with E-state index in [1.807, 2.05) is 13.8 Å². The summed E-state index contributed by atoms with van der Waals surface area (Å²) >= 11 is 0. The minimum atomic E-state index is -0.446. The molecule has 26 heavy (non-hydrogen) atoms. The van der Waals surface area contributed by atoms with Gasteiger partial charge in [-0.2, -0.15) is 5.10 Å². The molecule has 0 bridgehead atoms. The Morgan fingerprint density at radius 2 is 1.85 bits per heavy atom. The van der Waals surface area contributed by atoms with Gasteiger partial charge in [-0.05, 0) is 42.0 Å². The third-order valence-electron chi connectivity index (χ3n) is 3.88. The Kier molecular flexibility index (Phi) is 5.02. The molecule has 3 rings (SSSR count). The molecule has 4 nitrogen and oxygen atoms in total. The summed E-state index contributed by atoms with van der Waals surface area (Å²) in [6, 6.07) is 10.3. The van der Waals surface area contributed by atoms with Crippen LogP contribution in [-0.4, -0.2) is 20.9 Å². The summed E-state index contributed by atoms with van der Waals surface area (Å²) in [5, 5.41) is 15.1. The summed E-state index contributed by atoms with van der Waals surface area (Å²) in [4.78, 5) is 4.31. The van der Waals surface area contributed by atoms with Crippen molar-refractivity contribution in [1.29, 1.82) is 5.41 Å². The van der Waals surface area contributed by atoms with Crippen molar-refractivity contribution in [2.75, 3.05) is 0 Å². The Balaban J connectivity index is 1.86. The number of benzene rings is 2. The van der Waals surface area contributed by atoms with Gasteiger partial charge in [0, 0.05) is 11.5 Å². The summed E-state index contributed by atoms with van der Waals surface area (Å²) in [6.07, 6.45) is 3.29. The topological polar surface area (TPSA) is 65.4 Å². The van der Waals surface area contributed by atoms with E-state index in [1.54, 1.807) is 30.4 Å². The molecule has 0 saturated carbocycles. The van der Waals surface area contributed by atoms with Crippen molar-refractivity contribution in [1.82, 2.24) is 15.2 Å². The van der Waals surface area contributed by atoms with Crippen LogP contribution in [0, 0.1) is 17.0 Å². The molecule has 1 aromatic heterocycles. The monoisotopic (exact) mass is 352 g/mol. The van der Waals surface area contributed by atoms with Crippen LogP contribution >= 0.6 is 0 Å². The lowest BCUT2D eigenvalue weighted by molar-refractivity contribution is 0.627. The number of halogens is 2. The molecule has 0 saturated heterocycles. The van der Waals surface area contributed by atoms with Crippen LogP contribution < -0.4 is 0 Å². The number of nitrogens with zero attached hydrogens (tertiary/aromatic N) is 2. The third-order valence-corrected chi connectivity index (χ3v) is 3.88. The number of allylic oxidation sites excluding steroid dienone is 1. The average Bonchev–Trinajstić information content (AvgIpc) is 3.11. The van der Waals surface area contributed by atoms with E-state index >= 15 is 0 Å². The van der Waals surface area contributed by atoms with Crippen molar-refractivity contribution >= 4 is 11.8 Å². The number of aromatic amines is 1. The normalized spacial score (nSPS) is 11.4. The van der Waals surface area contributed by atoms with Gasteiger partial charge in [-0.15, -0.1) is 0 Å². The molecule has 0 fully saturated rings. The van der Waals surface area contributed by atoms with Gasteiger partial charge in [0.05, 0.1) is 11.3 Å². The lowest BCUT2D eigenvalue weighted by atomic mass is 10.0. The molecule has 2 aromatic carbocycles. The van der Waals surface area contributed by atoms with E-state index in [-0.39, 0.29) is 28.8 Å². The Bertz CT molecular complexity index is 956. The zero-order chi connectivity index (χ0) is 18.7. The lowest BCUT2D eigenvalue weighted by Crippen LogP contribution is -1.97. The minimum Gasteiger partial charge on any atom is -0.300 e. The Morgan fingerprint density at radius 1 is 1.12 bits per heavy atom. The van der Waals surface area contributed by atoms with Gasteiger partial charge in [-0.3, -0.25) is 5.10 Å². The highest BCUT2D eigenvalue weighted by Gasteiger charge is 2.14. The highest BCUT2D eigenvalue weighted by Crippen LogP contribution is 2.23. The number of hydrogen-bond acceptors (Lipinski definition) is 3. The zero-order valence-corrected chi connectivity index (χ0v) is 14.4. The summed E-state index contributed by atoms with van der Waals surface area (Å²) in [5.74, 6) is 0.338. The zero-order valence-electron chi connectivity index (χ0n) is 14.4. The second kappa shape index (κ2) is 7.39. The van der Waals surface area contributed by atoms with Crippen LogP contribution in [-0.2, 0) is 0 Å². The predicted octanol–water partition coefficient (Wildman–Crippen LogP) is 4.95. The van der Waals surface area contributed by atoms with Crippen LogP contribution in [0.15, 0.2) is 48.5 Å². The quantitative estimate of drug-likeness (QED) is 0.638. The minimum absolute atomic E-state index is 0.152. The first-order chi connectivity index (χ1) is 12.4. The molecule has 1 heterocycles. The molecule has 0 radical (unpaired) electrons. The first kappa shape index (κ1) is 17.7. The van der Waals surface area contributed by atoms with E-state index in [2.05, 4.69) is 15.2 Å². The summed E-state index contributed by atoms with van der Waals surface area (Å²) in [5.41, 5.74) is 1.76. The molecular weight excluding hydrogens is 334 g/mol. The molecule has 132 valence electrons. The fourth-order valence-electron chi connectivity index (χ4n) is 2.37. The van der Waals surface area contributed by atoms with Crippen LogP contribution in [0.5, 0.6) is 0 Å².